The monoisotopic (exact) mass is 270 g/mol. The average Bonchev–Trinajstić information content (AvgIpc) is 2.34. The van der Waals surface area contributed by atoms with Crippen LogP contribution in [0.5, 0.6) is 0 Å². The Labute approximate surface area is 108 Å². The lowest BCUT2D eigenvalue weighted by molar-refractivity contribution is -0.385. The summed E-state index contributed by atoms with van der Waals surface area (Å²) >= 11 is 1.38. The van der Waals surface area contributed by atoms with Crippen molar-refractivity contribution in [2.75, 3.05) is 11.5 Å². The van der Waals surface area contributed by atoms with Crippen molar-refractivity contribution >= 4 is 23.4 Å². The predicted octanol–water partition coefficient (Wildman–Crippen LogP) is 1.28. The van der Waals surface area contributed by atoms with Crippen molar-refractivity contribution < 1.29 is 14.8 Å². The number of rotatable bonds is 7. The fourth-order valence-electron chi connectivity index (χ4n) is 1.36. The molecule has 0 heterocycles. The summed E-state index contributed by atoms with van der Waals surface area (Å²) in [6.07, 6.45) is 0.522. The molecule has 0 unspecified atom stereocenters. The van der Waals surface area contributed by atoms with Gasteiger partial charge < -0.3 is 10.8 Å². The lowest BCUT2D eigenvalue weighted by atomic mass is 10.1. The van der Waals surface area contributed by atoms with Gasteiger partial charge in [-0.2, -0.15) is 11.8 Å². The van der Waals surface area contributed by atoms with Crippen LogP contribution in [0.2, 0.25) is 0 Å². The summed E-state index contributed by atoms with van der Waals surface area (Å²) < 4.78 is 0. The zero-order valence-electron chi connectivity index (χ0n) is 9.61. The number of para-hydroxylation sites is 1. The van der Waals surface area contributed by atoms with E-state index in [-0.39, 0.29) is 5.69 Å². The molecule has 0 amide bonds. The number of carboxylic acid groups (broad SMARTS) is 1. The second-order valence-electron chi connectivity index (χ2n) is 3.66. The molecule has 1 aromatic carbocycles. The third-order valence-corrected chi connectivity index (χ3v) is 3.41. The number of nitrogens with zero attached hydrogens (tertiary/aromatic N) is 1. The zero-order chi connectivity index (χ0) is 13.5. The Morgan fingerprint density at radius 1 is 1.50 bits per heavy atom. The largest absolute Gasteiger partial charge is 0.480 e. The molecule has 0 saturated heterocycles. The normalized spacial score (nSPS) is 12.1. The SMILES string of the molecule is N[C@@H](CSCCc1ccccc1[N+](=O)[O-])C(=O)O. The second-order valence-corrected chi connectivity index (χ2v) is 4.81. The first-order valence-electron chi connectivity index (χ1n) is 5.30. The summed E-state index contributed by atoms with van der Waals surface area (Å²) in [5, 5.41) is 19.3. The summed E-state index contributed by atoms with van der Waals surface area (Å²) in [5.41, 5.74) is 6.10. The van der Waals surface area contributed by atoms with E-state index in [4.69, 9.17) is 10.8 Å². The summed E-state index contributed by atoms with van der Waals surface area (Å²) in [6.45, 7) is 0. The van der Waals surface area contributed by atoms with E-state index in [9.17, 15) is 14.9 Å². The average molecular weight is 270 g/mol. The molecule has 1 atom stereocenters. The Morgan fingerprint density at radius 2 is 2.17 bits per heavy atom. The first kappa shape index (κ1) is 14.5. The smallest absolute Gasteiger partial charge is 0.321 e. The predicted molar refractivity (Wildman–Crippen MR) is 69.7 cm³/mol. The molecule has 3 N–H and O–H groups in total. The first-order valence-corrected chi connectivity index (χ1v) is 6.46. The molecule has 0 aliphatic heterocycles. The Hall–Kier alpha value is -1.60. The van der Waals surface area contributed by atoms with Crippen LogP contribution in [-0.4, -0.2) is 33.5 Å². The molecule has 0 aliphatic carbocycles. The van der Waals surface area contributed by atoms with Gasteiger partial charge in [-0.15, -0.1) is 0 Å². The van der Waals surface area contributed by atoms with Crippen LogP contribution in [-0.2, 0) is 11.2 Å². The minimum absolute atomic E-state index is 0.0978. The minimum atomic E-state index is -1.03. The number of nitrogens with two attached hydrogens (primary N) is 1. The van der Waals surface area contributed by atoms with Crippen molar-refractivity contribution in [3.63, 3.8) is 0 Å². The molecule has 0 saturated carbocycles. The van der Waals surface area contributed by atoms with E-state index in [1.165, 1.54) is 17.8 Å². The number of nitro benzene ring substituents is 1. The highest BCUT2D eigenvalue weighted by Crippen LogP contribution is 2.19. The van der Waals surface area contributed by atoms with Crippen molar-refractivity contribution in [3.8, 4) is 0 Å². The Bertz CT molecular complexity index is 439. The number of thioether (sulfide) groups is 1. The summed E-state index contributed by atoms with van der Waals surface area (Å²) in [4.78, 5) is 20.8. The van der Waals surface area contributed by atoms with Crippen LogP contribution in [0.25, 0.3) is 0 Å². The van der Waals surface area contributed by atoms with Gasteiger partial charge in [0.1, 0.15) is 6.04 Å². The van der Waals surface area contributed by atoms with Crippen LogP contribution in [0.4, 0.5) is 5.69 Å². The Balaban J connectivity index is 2.45. The van der Waals surface area contributed by atoms with E-state index in [1.807, 2.05) is 0 Å². The molecular formula is C11H14N2O4S. The highest BCUT2D eigenvalue weighted by molar-refractivity contribution is 7.99. The molecule has 0 spiro atoms. The molecule has 1 rings (SSSR count). The maximum atomic E-state index is 10.8. The lowest BCUT2D eigenvalue weighted by Crippen LogP contribution is -2.32. The topological polar surface area (TPSA) is 106 Å². The van der Waals surface area contributed by atoms with E-state index in [0.29, 0.717) is 23.5 Å². The van der Waals surface area contributed by atoms with Crippen molar-refractivity contribution in [2.45, 2.75) is 12.5 Å². The van der Waals surface area contributed by atoms with Gasteiger partial charge in [0, 0.05) is 17.4 Å². The maximum Gasteiger partial charge on any atom is 0.321 e. The lowest BCUT2D eigenvalue weighted by Gasteiger charge is -2.06. The van der Waals surface area contributed by atoms with E-state index in [1.54, 1.807) is 18.2 Å². The third-order valence-electron chi connectivity index (χ3n) is 2.32. The van der Waals surface area contributed by atoms with Crippen LogP contribution in [0.3, 0.4) is 0 Å². The van der Waals surface area contributed by atoms with Gasteiger partial charge in [0.05, 0.1) is 4.92 Å². The standard InChI is InChI=1S/C11H14N2O4S/c12-9(11(14)15)7-18-6-5-8-3-1-2-4-10(8)13(16)17/h1-4,9H,5-7,12H2,(H,14,15)/t9-/m0/s1. The summed E-state index contributed by atoms with van der Waals surface area (Å²) in [6, 6.07) is 5.64. The highest BCUT2D eigenvalue weighted by atomic mass is 32.2. The van der Waals surface area contributed by atoms with Crippen LogP contribution < -0.4 is 5.73 Å². The van der Waals surface area contributed by atoms with E-state index < -0.39 is 16.9 Å². The van der Waals surface area contributed by atoms with E-state index in [2.05, 4.69) is 0 Å². The van der Waals surface area contributed by atoms with Gasteiger partial charge in [0.15, 0.2) is 0 Å². The molecule has 18 heavy (non-hydrogen) atoms. The summed E-state index contributed by atoms with van der Waals surface area (Å²) in [5.74, 6) is -0.130. The molecule has 7 heteroatoms. The number of hydrogen-bond donors (Lipinski definition) is 2. The van der Waals surface area contributed by atoms with Crippen LogP contribution in [0, 0.1) is 10.1 Å². The van der Waals surface area contributed by atoms with Gasteiger partial charge in [-0.3, -0.25) is 14.9 Å². The van der Waals surface area contributed by atoms with Gasteiger partial charge in [0.2, 0.25) is 0 Å². The zero-order valence-corrected chi connectivity index (χ0v) is 10.4. The van der Waals surface area contributed by atoms with Crippen molar-refractivity contribution in [1.29, 1.82) is 0 Å². The van der Waals surface area contributed by atoms with E-state index >= 15 is 0 Å². The van der Waals surface area contributed by atoms with Gasteiger partial charge in [-0.1, -0.05) is 18.2 Å². The molecule has 0 aromatic heterocycles. The molecular weight excluding hydrogens is 256 g/mol. The van der Waals surface area contributed by atoms with Gasteiger partial charge >= 0.3 is 5.97 Å². The number of carbonyl (C=O) groups is 1. The Morgan fingerprint density at radius 3 is 2.78 bits per heavy atom. The fourth-order valence-corrected chi connectivity index (χ4v) is 2.29. The molecule has 98 valence electrons. The number of hydrogen-bond acceptors (Lipinski definition) is 5. The Kier molecular flexibility index (Phi) is 5.60. The van der Waals surface area contributed by atoms with Crippen molar-refractivity contribution in [1.82, 2.24) is 0 Å². The minimum Gasteiger partial charge on any atom is -0.480 e. The first-order chi connectivity index (χ1) is 8.52. The van der Waals surface area contributed by atoms with Gasteiger partial charge in [-0.25, -0.2) is 0 Å². The number of nitro groups is 1. The fraction of sp³-hybridized carbons (Fsp3) is 0.364. The molecule has 0 fully saturated rings. The third kappa shape index (κ3) is 4.34. The second kappa shape index (κ2) is 6.97. The molecule has 1 aromatic rings. The molecule has 0 radical (unpaired) electrons. The van der Waals surface area contributed by atoms with Crippen molar-refractivity contribution in [2.24, 2.45) is 5.73 Å². The van der Waals surface area contributed by atoms with Gasteiger partial charge in [0.25, 0.3) is 5.69 Å². The van der Waals surface area contributed by atoms with Crippen molar-refractivity contribution in [3.05, 3.63) is 39.9 Å². The molecule has 6 nitrogen and oxygen atoms in total. The van der Waals surface area contributed by atoms with Crippen LogP contribution >= 0.6 is 11.8 Å². The quantitative estimate of drug-likeness (QED) is 0.439. The number of benzene rings is 1. The van der Waals surface area contributed by atoms with Gasteiger partial charge in [-0.05, 0) is 12.2 Å². The maximum absolute atomic E-state index is 10.8. The molecule has 0 aliphatic rings. The number of aliphatic carboxylic acids is 1. The van der Waals surface area contributed by atoms with E-state index in [0.717, 1.165) is 0 Å². The number of carboxylic acids is 1. The highest BCUT2D eigenvalue weighted by Gasteiger charge is 2.13. The summed E-state index contributed by atoms with van der Waals surface area (Å²) in [7, 11) is 0. The van der Waals surface area contributed by atoms with Crippen LogP contribution in [0.15, 0.2) is 24.3 Å². The molecule has 0 bridgehead atoms. The number of aryl methyl sites for hydroxylation is 1. The van der Waals surface area contributed by atoms with Crippen LogP contribution in [0.1, 0.15) is 5.56 Å².